The second kappa shape index (κ2) is 19.4. The zero-order valence-corrected chi connectivity index (χ0v) is 24.9. The molecule has 18 heteroatoms. The van der Waals surface area contributed by atoms with E-state index >= 15 is 0 Å². The minimum Gasteiger partial charge on any atom is -0.370 e. The van der Waals surface area contributed by atoms with Crippen LogP contribution in [0.5, 0.6) is 0 Å². The summed E-state index contributed by atoms with van der Waals surface area (Å²) in [6, 6.07) is -2.88. The number of amides is 4. The van der Waals surface area contributed by atoms with E-state index in [0.29, 0.717) is 70.9 Å². The number of fused-ring (bicyclic) bond motifs is 2. The molecule has 0 saturated heterocycles. The van der Waals surface area contributed by atoms with Crippen LogP contribution in [0.25, 0.3) is 0 Å². The molecule has 244 valence electrons. The van der Waals surface area contributed by atoms with Gasteiger partial charge in [-0.2, -0.15) is 0 Å². The van der Waals surface area contributed by atoms with Crippen LogP contribution in [-0.2, 0) is 25.7 Å². The smallest absolute Gasteiger partial charge is 0.274 e. The summed E-state index contributed by atoms with van der Waals surface area (Å²) in [5.74, 6) is -2.11. The summed E-state index contributed by atoms with van der Waals surface area (Å²) in [5.41, 5.74) is 21.5. The summed E-state index contributed by atoms with van der Waals surface area (Å²) >= 11 is 0. The number of aromatic nitrogens is 3. The SMILES string of the molecule is NC(N)=NCCCC[C@@H]1NC(=O)c2cn(nn2)CCCC(=O)NCCCC[C@@H](C=O)NC(=O)[C@H](CCCN=C(N)N)NC1=O. The lowest BCUT2D eigenvalue weighted by Gasteiger charge is -2.24. The van der Waals surface area contributed by atoms with Crippen molar-refractivity contribution in [1.29, 1.82) is 0 Å². The summed E-state index contributed by atoms with van der Waals surface area (Å²) in [6.07, 6.45) is 6.04. The van der Waals surface area contributed by atoms with E-state index in [-0.39, 0.29) is 49.3 Å². The molecular weight excluding hydrogens is 574 g/mol. The molecule has 2 rings (SSSR count). The molecule has 2 heterocycles. The van der Waals surface area contributed by atoms with Gasteiger partial charge in [0.25, 0.3) is 5.91 Å². The molecule has 1 aliphatic rings. The zero-order chi connectivity index (χ0) is 32.3. The van der Waals surface area contributed by atoms with E-state index in [1.165, 1.54) is 10.9 Å². The van der Waals surface area contributed by atoms with Gasteiger partial charge in [0.15, 0.2) is 17.6 Å². The Morgan fingerprint density at radius 3 is 2.25 bits per heavy atom. The molecule has 0 radical (unpaired) electrons. The maximum absolute atomic E-state index is 13.5. The van der Waals surface area contributed by atoms with E-state index in [1.54, 1.807) is 0 Å². The van der Waals surface area contributed by atoms with E-state index in [1.807, 2.05) is 0 Å². The van der Waals surface area contributed by atoms with Crippen molar-refractivity contribution < 1.29 is 24.0 Å². The van der Waals surface area contributed by atoms with Crippen LogP contribution >= 0.6 is 0 Å². The molecule has 2 bridgehead atoms. The number of carbonyl (C=O) groups excluding carboxylic acids is 5. The normalized spacial score (nSPS) is 21.0. The Hall–Kier alpha value is -4.77. The Bertz CT molecular complexity index is 1160. The van der Waals surface area contributed by atoms with Crippen LogP contribution in [0, 0.1) is 0 Å². The van der Waals surface area contributed by atoms with Crippen molar-refractivity contribution in [3.8, 4) is 0 Å². The largest absolute Gasteiger partial charge is 0.370 e. The van der Waals surface area contributed by atoms with Crippen molar-refractivity contribution in [3.05, 3.63) is 11.9 Å². The number of hydrogen-bond donors (Lipinski definition) is 8. The molecule has 0 unspecified atom stereocenters. The Balaban J connectivity index is 2.27. The van der Waals surface area contributed by atoms with Crippen LogP contribution in [-0.4, -0.2) is 94.6 Å². The maximum atomic E-state index is 13.5. The number of aldehydes is 1. The predicted octanol–water partition coefficient (Wildman–Crippen LogP) is -2.88. The van der Waals surface area contributed by atoms with Crippen LogP contribution in [0.2, 0.25) is 0 Å². The molecule has 0 aliphatic carbocycles. The number of hydrogen-bond acceptors (Lipinski definition) is 9. The monoisotopic (exact) mass is 619 g/mol. The first-order valence-corrected chi connectivity index (χ1v) is 14.7. The summed E-state index contributed by atoms with van der Waals surface area (Å²) in [6.45, 7) is 1.33. The number of aryl methyl sites for hydroxylation is 1. The summed E-state index contributed by atoms with van der Waals surface area (Å²) in [4.78, 5) is 71.6. The lowest BCUT2D eigenvalue weighted by Crippen LogP contribution is -2.55. The van der Waals surface area contributed by atoms with Crippen molar-refractivity contribution >= 4 is 41.8 Å². The Kier molecular flexibility index (Phi) is 15.6. The molecule has 0 spiro atoms. The van der Waals surface area contributed by atoms with Crippen LogP contribution in [0.1, 0.15) is 74.7 Å². The number of nitrogens with zero attached hydrogens (tertiary/aromatic N) is 5. The minimum atomic E-state index is -1.05. The molecule has 44 heavy (non-hydrogen) atoms. The van der Waals surface area contributed by atoms with Crippen LogP contribution in [0.15, 0.2) is 16.2 Å². The first-order valence-electron chi connectivity index (χ1n) is 14.7. The number of guanidine groups is 2. The topological polar surface area (TPSA) is 293 Å². The van der Waals surface area contributed by atoms with Crippen molar-refractivity contribution in [3.63, 3.8) is 0 Å². The molecule has 1 aromatic rings. The number of unbranched alkanes of at least 4 members (excludes halogenated alkanes) is 1. The van der Waals surface area contributed by atoms with Crippen LogP contribution < -0.4 is 44.2 Å². The maximum Gasteiger partial charge on any atom is 0.274 e. The highest BCUT2D eigenvalue weighted by Crippen LogP contribution is 2.08. The second-order valence-electron chi connectivity index (χ2n) is 10.4. The number of nitrogens with one attached hydrogen (secondary N) is 4. The summed E-state index contributed by atoms with van der Waals surface area (Å²) < 4.78 is 1.45. The molecule has 4 amide bonds. The highest BCUT2D eigenvalue weighted by atomic mass is 16.2. The quantitative estimate of drug-likeness (QED) is 0.0569. The summed E-state index contributed by atoms with van der Waals surface area (Å²) in [7, 11) is 0. The molecule has 18 nitrogen and oxygen atoms in total. The lowest BCUT2D eigenvalue weighted by atomic mass is 10.0. The standard InChI is InChI=1S/C26H45N13O5/c27-25(28)32-12-4-2-8-18-23(43)35-19(9-5-13-33-26(29)30)22(42)34-17(16-40)7-1-3-11-31-21(41)10-6-14-39-15-20(37-38-39)24(44)36-18/h15-19H,1-14H2,(H,31,41)(H,34,42)(H,35,43)(H,36,44)(H4,27,28,32)(H4,29,30,33)/t17-,18-,19-/m0/s1. The Morgan fingerprint density at radius 2 is 1.55 bits per heavy atom. The average molecular weight is 620 g/mol. The molecule has 1 aliphatic heterocycles. The van der Waals surface area contributed by atoms with Gasteiger partial charge >= 0.3 is 0 Å². The van der Waals surface area contributed by atoms with E-state index in [4.69, 9.17) is 22.9 Å². The summed E-state index contributed by atoms with van der Waals surface area (Å²) in [5, 5.41) is 18.8. The molecule has 1 aromatic heterocycles. The zero-order valence-electron chi connectivity index (χ0n) is 24.9. The van der Waals surface area contributed by atoms with Crippen molar-refractivity contribution in [1.82, 2.24) is 36.3 Å². The highest BCUT2D eigenvalue weighted by molar-refractivity contribution is 5.97. The van der Waals surface area contributed by atoms with Gasteiger partial charge in [-0.1, -0.05) is 5.21 Å². The number of carbonyl (C=O) groups is 5. The van der Waals surface area contributed by atoms with Gasteiger partial charge in [-0.15, -0.1) is 5.10 Å². The molecule has 0 aromatic carbocycles. The van der Waals surface area contributed by atoms with Crippen molar-refractivity contribution in [2.75, 3.05) is 19.6 Å². The van der Waals surface area contributed by atoms with Crippen LogP contribution in [0.4, 0.5) is 0 Å². The van der Waals surface area contributed by atoms with Crippen LogP contribution in [0.3, 0.4) is 0 Å². The average Bonchev–Trinajstić information content (AvgIpc) is 3.45. The Labute approximate surface area is 255 Å². The lowest BCUT2D eigenvalue weighted by molar-refractivity contribution is -0.131. The second-order valence-corrected chi connectivity index (χ2v) is 10.4. The van der Waals surface area contributed by atoms with E-state index < -0.39 is 35.8 Å². The molecule has 3 atom stereocenters. The highest BCUT2D eigenvalue weighted by Gasteiger charge is 2.28. The fourth-order valence-corrected chi connectivity index (χ4v) is 4.39. The van der Waals surface area contributed by atoms with Gasteiger partial charge in [0.2, 0.25) is 17.7 Å². The molecule has 0 fully saturated rings. The fraction of sp³-hybridized carbons (Fsp3) is 0.654. The van der Waals surface area contributed by atoms with Crippen molar-refractivity contribution in [2.24, 2.45) is 32.9 Å². The third-order valence-corrected chi connectivity index (χ3v) is 6.71. The van der Waals surface area contributed by atoms with Gasteiger partial charge in [0.05, 0.1) is 12.2 Å². The van der Waals surface area contributed by atoms with E-state index in [0.717, 1.165) is 0 Å². The molecule has 0 saturated carbocycles. The van der Waals surface area contributed by atoms with Gasteiger partial charge in [0.1, 0.15) is 18.4 Å². The van der Waals surface area contributed by atoms with Gasteiger partial charge in [0, 0.05) is 32.6 Å². The van der Waals surface area contributed by atoms with E-state index in [2.05, 4.69) is 41.6 Å². The first-order chi connectivity index (χ1) is 21.1. The van der Waals surface area contributed by atoms with Gasteiger partial charge in [-0.05, 0) is 57.8 Å². The van der Waals surface area contributed by atoms with Gasteiger partial charge < -0.3 is 49.0 Å². The third-order valence-electron chi connectivity index (χ3n) is 6.71. The number of aliphatic imine (C=N–C) groups is 2. The fourth-order valence-electron chi connectivity index (χ4n) is 4.39. The van der Waals surface area contributed by atoms with Gasteiger partial charge in [-0.25, -0.2) is 0 Å². The predicted molar refractivity (Wildman–Crippen MR) is 162 cm³/mol. The Morgan fingerprint density at radius 1 is 0.886 bits per heavy atom. The molecule has 12 N–H and O–H groups in total. The number of rotatable bonds is 10. The third kappa shape index (κ3) is 13.9. The number of nitrogens with two attached hydrogens (primary N) is 4. The minimum absolute atomic E-state index is 0.0148. The van der Waals surface area contributed by atoms with E-state index in [9.17, 15) is 24.0 Å². The van der Waals surface area contributed by atoms with Crippen molar-refractivity contribution in [2.45, 2.75) is 88.9 Å². The first kappa shape index (κ1) is 35.4. The molecular formula is C26H45N13O5. The van der Waals surface area contributed by atoms with Gasteiger partial charge in [-0.3, -0.25) is 33.8 Å².